The Kier molecular flexibility index (Phi) is 8.43. The van der Waals surface area contributed by atoms with Crippen molar-refractivity contribution in [3.8, 4) is 0 Å². The van der Waals surface area contributed by atoms with E-state index in [-0.39, 0.29) is 4.90 Å². The Bertz CT molecular complexity index is 1230. The Balaban J connectivity index is 1.77. The number of hydrogen-bond acceptors (Lipinski definition) is 5. The average molecular weight is 481 g/mol. The summed E-state index contributed by atoms with van der Waals surface area (Å²) in [6.45, 7) is 3.81. The van der Waals surface area contributed by atoms with E-state index < -0.39 is 28.4 Å². The maximum absolute atomic E-state index is 13.4. The summed E-state index contributed by atoms with van der Waals surface area (Å²) in [6, 6.07) is 21.2. The minimum absolute atomic E-state index is 0.0928. The number of ether oxygens (including phenoxy) is 1. The topological polar surface area (TPSA) is 92.8 Å². The Morgan fingerprint density at radius 1 is 0.941 bits per heavy atom. The van der Waals surface area contributed by atoms with Crippen molar-refractivity contribution >= 4 is 33.3 Å². The summed E-state index contributed by atoms with van der Waals surface area (Å²) in [5.41, 5.74) is 2.08. The number of rotatable bonds is 10. The number of nitrogens with one attached hydrogen (secondary N) is 1. The molecule has 0 saturated heterocycles. The third-order valence-electron chi connectivity index (χ3n) is 5.04. The van der Waals surface area contributed by atoms with Gasteiger partial charge in [0.05, 0.1) is 22.8 Å². The molecule has 0 radical (unpaired) electrons. The molecule has 0 heterocycles. The number of nitrogens with zero attached hydrogens (tertiary/aromatic N) is 1. The zero-order valence-corrected chi connectivity index (χ0v) is 20.0. The highest BCUT2D eigenvalue weighted by molar-refractivity contribution is 7.92. The highest BCUT2D eigenvalue weighted by Crippen LogP contribution is 2.24. The van der Waals surface area contributed by atoms with E-state index in [1.807, 2.05) is 19.9 Å². The Morgan fingerprint density at radius 3 is 2.29 bits per heavy atom. The zero-order chi connectivity index (χ0) is 24.6. The lowest BCUT2D eigenvalue weighted by Gasteiger charge is -2.24. The molecule has 0 aliphatic heterocycles. The SMILES string of the molecule is CCCCOC(=O)c1ccc(NC(=O)CN(c2cccc(C)c2)S(=O)(=O)c2ccccc2)cc1. The van der Waals surface area contributed by atoms with Crippen molar-refractivity contribution in [2.75, 3.05) is 22.8 Å². The number of carbonyl (C=O) groups is 2. The lowest BCUT2D eigenvalue weighted by molar-refractivity contribution is -0.114. The smallest absolute Gasteiger partial charge is 0.338 e. The highest BCUT2D eigenvalue weighted by atomic mass is 32.2. The normalized spacial score (nSPS) is 11.0. The van der Waals surface area contributed by atoms with Crippen LogP contribution in [0.25, 0.3) is 0 Å². The molecule has 34 heavy (non-hydrogen) atoms. The van der Waals surface area contributed by atoms with Crippen LogP contribution in [0, 0.1) is 6.92 Å². The van der Waals surface area contributed by atoms with Crippen molar-refractivity contribution in [1.29, 1.82) is 0 Å². The number of aryl methyl sites for hydroxylation is 1. The van der Waals surface area contributed by atoms with Gasteiger partial charge in [-0.05, 0) is 67.4 Å². The zero-order valence-electron chi connectivity index (χ0n) is 19.2. The first kappa shape index (κ1) is 25.0. The van der Waals surface area contributed by atoms with Gasteiger partial charge in [-0.1, -0.05) is 43.7 Å². The Labute approximate surface area is 200 Å². The second-order valence-electron chi connectivity index (χ2n) is 7.78. The van der Waals surface area contributed by atoms with Crippen LogP contribution in [0.3, 0.4) is 0 Å². The largest absolute Gasteiger partial charge is 0.462 e. The summed E-state index contributed by atoms with van der Waals surface area (Å²) < 4.78 is 33.0. The molecule has 3 rings (SSSR count). The molecule has 0 aliphatic carbocycles. The molecular formula is C26H28N2O5S. The molecule has 1 amide bonds. The lowest BCUT2D eigenvalue weighted by Crippen LogP contribution is -2.38. The molecule has 0 aromatic heterocycles. The van der Waals surface area contributed by atoms with Gasteiger partial charge < -0.3 is 10.1 Å². The van der Waals surface area contributed by atoms with E-state index >= 15 is 0 Å². The third kappa shape index (κ3) is 6.45. The molecule has 3 aromatic rings. The van der Waals surface area contributed by atoms with Crippen LogP contribution in [-0.2, 0) is 19.6 Å². The first-order valence-corrected chi connectivity index (χ1v) is 12.5. The van der Waals surface area contributed by atoms with Crippen molar-refractivity contribution in [1.82, 2.24) is 0 Å². The predicted octanol–water partition coefficient (Wildman–Crippen LogP) is 4.79. The van der Waals surface area contributed by atoms with Crippen molar-refractivity contribution in [3.63, 3.8) is 0 Å². The predicted molar refractivity (Wildman–Crippen MR) is 132 cm³/mol. The van der Waals surface area contributed by atoms with E-state index in [9.17, 15) is 18.0 Å². The van der Waals surface area contributed by atoms with Crippen molar-refractivity contribution in [3.05, 3.63) is 90.0 Å². The molecule has 0 saturated carbocycles. The molecule has 7 nitrogen and oxygen atoms in total. The van der Waals surface area contributed by atoms with Crippen LogP contribution in [0.5, 0.6) is 0 Å². The number of carbonyl (C=O) groups excluding carboxylic acids is 2. The van der Waals surface area contributed by atoms with E-state index in [4.69, 9.17) is 4.74 Å². The van der Waals surface area contributed by atoms with Gasteiger partial charge in [-0.25, -0.2) is 13.2 Å². The fraction of sp³-hybridized carbons (Fsp3) is 0.231. The fourth-order valence-electron chi connectivity index (χ4n) is 3.23. The second kappa shape index (κ2) is 11.5. The molecule has 8 heteroatoms. The van der Waals surface area contributed by atoms with Crippen LogP contribution in [0.1, 0.15) is 35.7 Å². The Morgan fingerprint density at radius 2 is 1.65 bits per heavy atom. The molecule has 0 bridgehead atoms. The number of sulfonamides is 1. The first-order chi connectivity index (χ1) is 16.3. The van der Waals surface area contributed by atoms with Crippen molar-refractivity contribution in [2.45, 2.75) is 31.6 Å². The van der Waals surface area contributed by atoms with Gasteiger partial charge >= 0.3 is 5.97 Å². The minimum atomic E-state index is -3.98. The Hall–Kier alpha value is -3.65. The van der Waals surface area contributed by atoms with Gasteiger partial charge in [0, 0.05) is 5.69 Å². The molecule has 0 aliphatic rings. The summed E-state index contributed by atoms with van der Waals surface area (Å²) in [7, 11) is -3.98. The molecule has 178 valence electrons. The minimum Gasteiger partial charge on any atom is -0.462 e. The molecule has 1 N–H and O–H groups in total. The number of amides is 1. The number of benzene rings is 3. The summed E-state index contributed by atoms with van der Waals surface area (Å²) in [5, 5.41) is 2.70. The number of unbranched alkanes of at least 4 members (excludes halogenated alkanes) is 1. The van der Waals surface area contributed by atoms with Crippen LogP contribution in [-0.4, -0.2) is 33.4 Å². The first-order valence-electron chi connectivity index (χ1n) is 11.0. The molecule has 3 aromatic carbocycles. The van der Waals surface area contributed by atoms with Gasteiger partial charge in [0.2, 0.25) is 5.91 Å². The van der Waals surface area contributed by atoms with Crippen molar-refractivity contribution in [2.24, 2.45) is 0 Å². The number of hydrogen-bond donors (Lipinski definition) is 1. The fourth-order valence-corrected chi connectivity index (χ4v) is 4.66. The second-order valence-corrected chi connectivity index (χ2v) is 9.64. The van der Waals surface area contributed by atoms with Gasteiger partial charge in [0.25, 0.3) is 10.0 Å². The quantitative estimate of drug-likeness (QED) is 0.333. The summed E-state index contributed by atoms with van der Waals surface area (Å²) in [5.74, 6) is -0.940. The average Bonchev–Trinajstić information content (AvgIpc) is 2.83. The maximum atomic E-state index is 13.4. The number of esters is 1. The van der Waals surface area contributed by atoms with Crippen LogP contribution in [0.15, 0.2) is 83.8 Å². The van der Waals surface area contributed by atoms with Crippen LogP contribution >= 0.6 is 0 Å². The lowest BCUT2D eigenvalue weighted by atomic mass is 10.2. The maximum Gasteiger partial charge on any atom is 0.338 e. The van der Waals surface area contributed by atoms with E-state index in [1.165, 1.54) is 12.1 Å². The number of anilines is 2. The van der Waals surface area contributed by atoms with Crippen LogP contribution in [0.4, 0.5) is 11.4 Å². The highest BCUT2D eigenvalue weighted by Gasteiger charge is 2.27. The monoisotopic (exact) mass is 480 g/mol. The third-order valence-corrected chi connectivity index (χ3v) is 6.83. The molecule has 0 spiro atoms. The van der Waals surface area contributed by atoms with E-state index in [0.717, 1.165) is 22.7 Å². The summed E-state index contributed by atoms with van der Waals surface area (Å²) >= 11 is 0. The van der Waals surface area contributed by atoms with Gasteiger partial charge in [0.1, 0.15) is 6.54 Å². The van der Waals surface area contributed by atoms with Gasteiger partial charge in [-0.2, -0.15) is 0 Å². The summed E-state index contributed by atoms with van der Waals surface area (Å²) in [4.78, 5) is 25.0. The van der Waals surface area contributed by atoms with Gasteiger partial charge in [-0.3, -0.25) is 9.10 Å². The van der Waals surface area contributed by atoms with Gasteiger partial charge in [-0.15, -0.1) is 0 Å². The molecule has 0 unspecified atom stereocenters. The van der Waals surface area contributed by atoms with Gasteiger partial charge in [0.15, 0.2) is 0 Å². The standard InChI is InChI=1S/C26H28N2O5S/c1-3-4-17-33-26(30)21-13-15-22(16-14-21)27-25(29)19-28(23-10-8-9-20(2)18-23)34(31,32)24-11-6-5-7-12-24/h5-16,18H,3-4,17,19H2,1-2H3,(H,27,29). The molecular weight excluding hydrogens is 452 g/mol. The summed E-state index contributed by atoms with van der Waals surface area (Å²) in [6.07, 6.45) is 1.72. The molecule has 0 fully saturated rings. The van der Waals surface area contributed by atoms with Crippen LogP contribution in [0.2, 0.25) is 0 Å². The van der Waals surface area contributed by atoms with E-state index in [0.29, 0.717) is 23.5 Å². The van der Waals surface area contributed by atoms with E-state index in [2.05, 4.69) is 5.32 Å². The molecule has 0 atom stereocenters. The van der Waals surface area contributed by atoms with Crippen molar-refractivity contribution < 1.29 is 22.7 Å². The van der Waals surface area contributed by atoms with Crippen LogP contribution < -0.4 is 9.62 Å². The van der Waals surface area contributed by atoms with E-state index in [1.54, 1.807) is 60.7 Å².